The van der Waals surface area contributed by atoms with Gasteiger partial charge >= 0.3 is 17.9 Å². The van der Waals surface area contributed by atoms with Crippen LogP contribution >= 0.6 is 0 Å². The van der Waals surface area contributed by atoms with Crippen LogP contribution in [0.2, 0.25) is 0 Å². The molecule has 0 aromatic rings. The summed E-state index contributed by atoms with van der Waals surface area (Å²) in [5.74, 6) is -1.99. The van der Waals surface area contributed by atoms with Crippen LogP contribution in [0.15, 0.2) is 36.0 Å². The van der Waals surface area contributed by atoms with Gasteiger partial charge in [0.15, 0.2) is 0 Å². The smallest absolute Gasteiger partial charge is 0.309 e. The van der Waals surface area contributed by atoms with E-state index in [-0.39, 0.29) is 23.7 Å². The van der Waals surface area contributed by atoms with Crippen molar-refractivity contribution in [2.45, 2.75) is 98.9 Å². The molecule has 8 heteroatoms. The van der Waals surface area contributed by atoms with Crippen molar-refractivity contribution in [2.75, 3.05) is 0 Å². The van der Waals surface area contributed by atoms with Crippen molar-refractivity contribution in [2.24, 2.45) is 28.6 Å². The van der Waals surface area contributed by atoms with E-state index < -0.39 is 47.6 Å². The molecule has 3 rings (SSSR count). The normalized spacial score (nSPS) is 37.9. The van der Waals surface area contributed by atoms with Crippen molar-refractivity contribution in [3.8, 4) is 0 Å². The molecule has 2 aliphatic carbocycles. The Labute approximate surface area is 220 Å². The molecular weight excluding hydrogens is 476 g/mol. The number of rotatable bonds is 8. The Balaban J connectivity index is 2.21. The summed E-state index contributed by atoms with van der Waals surface area (Å²) in [5.41, 5.74) is -0.0572. The van der Waals surface area contributed by atoms with Crippen molar-refractivity contribution in [3.05, 3.63) is 36.0 Å². The highest BCUT2D eigenvalue weighted by atomic mass is 16.8. The average molecular weight is 519 g/mol. The van der Waals surface area contributed by atoms with Gasteiger partial charge in [0.25, 0.3) is 0 Å². The van der Waals surface area contributed by atoms with E-state index in [4.69, 9.17) is 18.9 Å². The van der Waals surface area contributed by atoms with Crippen molar-refractivity contribution < 1.29 is 38.4 Å². The highest BCUT2D eigenvalue weighted by molar-refractivity contribution is 5.72. The number of esters is 3. The number of aliphatic hydroxyl groups is 1. The van der Waals surface area contributed by atoms with Crippen LogP contribution in [0, 0.1) is 28.6 Å². The number of hydrogen-bond donors (Lipinski definition) is 1. The van der Waals surface area contributed by atoms with Crippen molar-refractivity contribution >= 4 is 17.9 Å². The van der Waals surface area contributed by atoms with Gasteiger partial charge in [-0.05, 0) is 55.9 Å². The number of ether oxygens (including phenoxy) is 4. The van der Waals surface area contributed by atoms with E-state index in [1.54, 1.807) is 12.2 Å². The highest BCUT2D eigenvalue weighted by Gasteiger charge is 2.71. The molecule has 1 heterocycles. The largest absolute Gasteiger partial charge is 0.458 e. The summed E-state index contributed by atoms with van der Waals surface area (Å²) in [6.45, 7) is 16.4. The summed E-state index contributed by atoms with van der Waals surface area (Å²) in [6, 6.07) is 0. The fourth-order valence-corrected chi connectivity index (χ4v) is 6.30. The van der Waals surface area contributed by atoms with Crippen LogP contribution < -0.4 is 0 Å². The summed E-state index contributed by atoms with van der Waals surface area (Å²) in [7, 11) is 0. The summed E-state index contributed by atoms with van der Waals surface area (Å²) in [5, 5.41) is 11.7. The Bertz CT molecular complexity index is 982. The molecule has 1 N–H and O–H groups in total. The van der Waals surface area contributed by atoms with Crippen LogP contribution in [0.3, 0.4) is 0 Å². The molecule has 1 saturated heterocycles. The van der Waals surface area contributed by atoms with Gasteiger partial charge in [-0.15, -0.1) is 0 Å². The second kappa shape index (κ2) is 11.1. The maximum Gasteiger partial charge on any atom is 0.309 e. The summed E-state index contributed by atoms with van der Waals surface area (Å²) in [6.07, 6.45) is 3.89. The van der Waals surface area contributed by atoms with Crippen molar-refractivity contribution in [3.63, 3.8) is 0 Å². The van der Waals surface area contributed by atoms with Gasteiger partial charge in [0, 0.05) is 19.4 Å². The van der Waals surface area contributed by atoms with Crippen molar-refractivity contribution in [1.29, 1.82) is 0 Å². The lowest BCUT2D eigenvalue weighted by molar-refractivity contribution is -0.254. The highest BCUT2D eigenvalue weighted by Crippen LogP contribution is 2.67. The summed E-state index contributed by atoms with van der Waals surface area (Å²) < 4.78 is 23.2. The minimum atomic E-state index is -1.17. The fourth-order valence-electron chi connectivity index (χ4n) is 6.30. The second-order valence-corrected chi connectivity index (χ2v) is 11.2. The first-order valence-electron chi connectivity index (χ1n) is 13.2. The van der Waals surface area contributed by atoms with Gasteiger partial charge in [-0.1, -0.05) is 52.0 Å². The van der Waals surface area contributed by atoms with E-state index in [9.17, 15) is 19.5 Å². The van der Waals surface area contributed by atoms with E-state index in [0.29, 0.717) is 31.3 Å². The summed E-state index contributed by atoms with van der Waals surface area (Å²) in [4.78, 5) is 37.0. The maximum atomic E-state index is 12.8. The fraction of sp³-hybridized carbons (Fsp3) is 0.690. The number of hydrogen-bond acceptors (Lipinski definition) is 8. The van der Waals surface area contributed by atoms with E-state index in [1.165, 1.54) is 13.8 Å². The van der Waals surface area contributed by atoms with Crippen LogP contribution in [0.25, 0.3) is 0 Å². The van der Waals surface area contributed by atoms with Crippen LogP contribution in [0.4, 0.5) is 0 Å². The first-order chi connectivity index (χ1) is 17.3. The molecular formula is C29H42O8. The Morgan fingerprint density at radius 3 is 2.41 bits per heavy atom. The van der Waals surface area contributed by atoms with Gasteiger partial charge in [0.2, 0.25) is 12.6 Å². The van der Waals surface area contributed by atoms with Gasteiger partial charge in [-0.2, -0.15) is 0 Å². The zero-order valence-corrected chi connectivity index (χ0v) is 23.1. The SMILES string of the molecule is C=C/C(C)=C/C[C@]1(C)[C@H]2C[C@H](OC(=O)C(C)CC)C=C3[C@H](OC(C)=O)O[C@H](OC(C)=O)[C@@]32[C@H](O)C[C@@H]1C. The van der Waals surface area contributed by atoms with Gasteiger partial charge in [0.1, 0.15) is 6.10 Å². The maximum absolute atomic E-state index is 12.8. The molecule has 37 heavy (non-hydrogen) atoms. The molecule has 1 spiro atoms. The third-order valence-corrected chi connectivity index (χ3v) is 8.87. The lowest BCUT2D eigenvalue weighted by atomic mass is 9.45. The molecule has 1 aliphatic heterocycles. The van der Waals surface area contributed by atoms with Gasteiger partial charge in [-0.25, -0.2) is 0 Å². The Hall–Kier alpha value is -2.45. The molecule has 9 atom stereocenters. The van der Waals surface area contributed by atoms with E-state index in [0.717, 1.165) is 5.57 Å². The predicted octanol–water partition coefficient (Wildman–Crippen LogP) is 4.62. The number of allylic oxidation sites excluding steroid dienone is 3. The Morgan fingerprint density at radius 2 is 1.84 bits per heavy atom. The quantitative estimate of drug-likeness (QED) is 0.215. The molecule has 8 nitrogen and oxygen atoms in total. The monoisotopic (exact) mass is 518 g/mol. The third-order valence-electron chi connectivity index (χ3n) is 8.87. The topological polar surface area (TPSA) is 108 Å². The molecule has 0 aromatic carbocycles. The first kappa shape index (κ1) is 29.1. The first-order valence-corrected chi connectivity index (χ1v) is 13.2. The predicted molar refractivity (Wildman–Crippen MR) is 137 cm³/mol. The van der Waals surface area contributed by atoms with Crippen LogP contribution in [-0.2, 0) is 33.3 Å². The van der Waals surface area contributed by atoms with Gasteiger partial charge in [0.05, 0.1) is 17.4 Å². The molecule has 1 unspecified atom stereocenters. The second-order valence-electron chi connectivity index (χ2n) is 11.2. The number of carbonyl (C=O) groups is 3. The summed E-state index contributed by atoms with van der Waals surface area (Å²) >= 11 is 0. The number of aliphatic hydroxyl groups excluding tert-OH is 1. The van der Waals surface area contributed by atoms with Gasteiger partial charge < -0.3 is 19.3 Å². The zero-order valence-electron chi connectivity index (χ0n) is 23.1. The molecule has 0 bridgehead atoms. The molecule has 2 fully saturated rings. The third kappa shape index (κ3) is 5.28. The molecule has 0 aromatic heterocycles. The van der Waals surface area contributed by atoms with E-state index in [1.807, 2.05) is 20.8 Å². The number of carbonyl (C=O) groups excluding carboxylic acids is 3. The molecule has 0 radical (unpaired) electrons. The molecule has 0 amide bonds. The van der Waals surface area contributed by atoms with E-state index in [2.05, 4.69) is 26.5 Å². The Kier molecular flexibility index (Phi) is 8.75. The molecule has 206 valence electrons. The minimum Gasteiger partial charge on any atom is -0.458 e. The molecule has 3 aliphatic rings. The van der Waals surface area contributed by atoms with E-state index >= 15 is 0 Å². The van der Waals surface area contributed by atoms with Crippen LogP contribution in [0.1, 0.15) is 74.1 Å². The van der Waals surface area contributed by atoms with Crippen LogP contribution in [0.5, 0.6) is 0 Å². The Morgan fingerprint density at radius 1 is 1.19 bits per heavy atom. The van der Waals surface area contributed by atoms with Gasteiger partial charge in [-0.3, -0.25) is 19.1 Å². The van der Waals surface area contributed by atoms with Crippen LogP contribution in [-0.4, -0.2) is 47.8 Å². The lowest BCUT2D eigenvalue weighted by Crippen LogP contribution is -2.63. The molecule has 1 saturated carbocycles. The zero-order chi connectivity index (χ0) is 27.7. The average Bonchev–Trinajstić information content (AvgIpc) is 3.12. The van der Waals surface area contributed by atoms with Crippen molar-refractivity contribution in [1.82, 2.24) is 0 Å². The standard InChI is InChI=1S/C29H42O8/c1-9-16(3)11-12-28(8)18(5)13-24(32)29-22(26(34-19(6)30)37-27(29)35-20(7)31)14-21(15-23(28)29)36-25(33)17(4)10-2/h9,11,14,17-18,21,23-24,26-27,32H,1,10,12-13,15H2,2-8H3/b16-11+/t17?,18-,21+,23+,24+,26+,27-,28-,29-/m0/s1. The lowest BCUT2D eigenvalue weighted by Gasteiger charge is -2.60. The minimum absolute atomic E-state index is 0.0722.